The van der Waals surface area contributed by atoms with Crippen molar-refractivity contribution in [3.63, 3.8) is 0 Å². The van der Waals surface area contributed by atoms with Gasteiger partial charge in [0, 0.05) is 5.56 Å². The number of carbonyl (C=O) groups is 1. The molecular weight excluding hydrogens is 302 g/mol. The Bertz CT molecular complexity index is 862. The van der Waals surface area contributed by atoms with Crippen molar-refractivity contribution in [1.29, 1.82) is 0 Å². The fourth-order valence-electron chi connectivity index (χ4n) is 2.29. The van der Waals surface area contributed by atoms with E-state index in [2.05, 4.69) is 9.72 Å². The molecule has 0 saturated heterocycles. The molecule has 0 aliphatic rings. The first-order chi connectivity index (χ1) is 11.7. The highest BCUT2D eigenvalue weighted by Crippen LogP contribution is 2.22. The number of benzene rings is 2. The van der Waals surface area contributed by atoms with Gasteiger partial charge in [-0.05, 0) is 42.8 Å². The number of ether oxygens (including phenoxy) is 1. The quantitative estimate of drug-likeness (QED) is 0.659. The highest BCUT2D eigenvalue weighted by Gasteiger charge is 2.09. The molecule has 0 amide bonds. The summed E-state index contributed by atoms with van der Waals surface area (Å²) < 4.78 is 10.4. The Kier molecular flexibility index (Phi) is 4.57. The third-order valence-electron chi connectivity index (χ3n) is 3.62. The van der Waals surface area contributed by atoms with Gasteiger partial charge in [-0.15, -0.1) is 0 Å². The highest BCUT2D eigenvalue weighted by molar-refractivity contribution is 5.89. The normalized spacial score (nSPS) is 10.9. The maximum atomic E-state index is 11.4. The van der Waals surface area contributed by atoms with Gasteiger partial charge < -0.3 is 9.15 Å². The summed E-state index contributed by atoms with van der Waals surface area (Å²) in [5.41, 5.74) is 3.22. The first-order valence-electron chi connectivity index (χ1n) is 7.56. The van der Waals surface area contributed by atoms with Crippen LogP contribution in [-0.2, 0) is 4.74 Å². The summed E-state index contributed by atoms with van der Waals surface area (Å²) in [5.74, 6) is 1.02. The fourth-order valence-corrected chi connectivity index (χ4v) is 2.29. The number of aryl methyl sites for hydroxylation is 1. The number of hydrogen-bond donors (Lipinski definition) is 0. The van der Waals surface area contributed by atoms with E-state index in [9.17, 15) is 4.79 Å². The van der Waals surface area contributed by atoms with Crippen LogP contribution in [0.5, 0.6) is 0 Å². The van der Waals surface area contributed by atoms with Gasteiger partial charge in [-0.1, -0.05) is 36.4 Å². The largest absolute Gasteiger partial charge is 0.465 e. The molecule has 0 radical (unpaired) electrons. The first kappa shape index (κ1) is 15.7. The standard InChI is InChI=1S/C20H17NO3/c1-14-18(21-19(24-14)16-6-4-3-5-7-16)13-10-15-8-11-17(12-9-15)20(22)23-2/h3-13H,1-2H3. The lowest BCUT2D eigenvalue weighted by molar-refractivity contribution is 0.0600. The molecule has 3 aromatic rings. The molecule has 24 heavy (non-hydrogen) atoms. The van der Waals surface area contributed by atoms with E-state index in [4.69, 9.17) is 4.42 Å². The number of esters is 1. The van der Waals surface area contributed by atoms with E-state index in [0.29, 0.717) is 11.5 Å². The molecule has 0 unspecified atom stereocenters. The summed E-state index contributed by atoms with van der Waals surface area (Å²) in [6, 6.07) is 17.0. The molecule has 0 saturated carbocycles. The van der Waals surface area contributed by atoms with E-state index in [1.54, 1.807) is 12.1 Å². The number of carbonyl (C=O) groups excluding carboxylic acids is 1. The average molecular weight is 319 g/mol. The smallest absolute Gasteiger partial charge is 0.337 e. The van der Waals surface area contributed by atoms with Gasteiger partial charge in [0.2, 0.25) is 5.89 Å². The zero-order valence-corrected chi connectivity index (χ0v) is 13.5. The molecule has 1 heterocycles. The topological polar surface area (TPSA) is 52.3 Å². The van der Waals surface area contributed by atoms with Crippen LogP contribution in [0.15, 0.2) is 59.0 Å². The third-order valence-corrected chi connectivity index (χ3v) is 3.62. The molecule has 0 bridgehead atoms. The number of nitrogens with zero attached hydrogens (tertiary/aromatic N) is 1. The monoisotopic (exact) mass is 319 g/mol. The van der Waals surface area contributed by atoms with Crippen LogP contribution < -0.4 is 0 Å². The van der Waals surface area contributed by atoms with Gasteiger partial charge in [0.05, 0.1) is 12.7 Å². The van der Waals surface area contributed by atoms with Crippen LogP contribution in [0.3, 0.4) is 0 Å². The Hall–Kier alpha value is -3.14. The summed E-state index contributed by atoms with van der Waals surface area (Å²) >= 11 is 0. The van der Waals surface area contributed by atoms with E-state index >= 15 is 0 Å². The molecule has 0 spiro atoms. The van der Waals surface area contributed by atoms with Crippen LogP contribution in [0.2, 0.25) is 0 Å². The van der Waals surface area contributed by atoms with E-state index < -0.39 is 0 Å². The van der Waals surface area contributed by atoms with Gasteiger partial charge in [0.25, 0.3) is 0 Å². The molecular formula is C20H17NO3. The zero-order chi connectivity index (χ0) is 16.9. The number of rotatable bonds is 4. The first-order valence-corrected chi connectivity index (χ1v) is 7.56. The number of hydrogen-bond acceptors (Lipinski definition) is 4. The van der Waals surface area contributed by atoms with Crippen LogP contribution in [-0.4, -0.2) is 18.1 Å². The summed E-state index contributed by atoms with van der Waals surface area (Å²) in [7, 11) is 1.37. The summed E-state index contributed by atoms with van der Waals surface area (Å²) in [5, 5.41) is 0. The van der Waals surface area contributed by atoms with Crippen molar-refractivity contribution < 1.29 is 13.9 Å². The fraction of sp³-hybridized carbons (Fsp3) is 0.100. The molecule has 0 N–H and O–H groups in total. The van der Waals surface area contributed by atoms with Crippen molar-refractivity contribution in [3.8, 4) is 11.5 Å². The second kappa shape index (κ2) is 6.96. The van der Waals surface area contributed by atoms with E-state index in [-0.39, 0.29) is 5.97 Å². The lowest BCUT2D eigenvalue weighted by Gasteiger charge is -1.99. The Balaban J connectivity index is 1.80. The van der Waals surface area contributed by atoms with Crippen molar-refractivity contribution in [2.75, 3.05) is 7.11 Å². The molecule has 0 fully saturated rings. The van der Waals surface area contributed by atoms with Crippen molar-refractivity contribution in [2.24, 2.45) is 0 Å². The molecule has 0 aliphatic heterocycles. The minimum Gasteiger partial charge on any atom is -0.465 e. The van der Waals surface area contributed by atoms with Crippen LogP contribution in [0.25, 0.3) is 23.6 Å². The van der Waals surface area contributed by atoms with Gasteiger partial charge >= 0.3 is 5.97 Å². The predicted octanol–water partition coefficient (Wildman–Crippen LogP) is 4.61. The molecule has 120 valence electrons. The minimum absolute atomic E-state index is 0.342. The van der Waals surface area contributed by atoms with Crippen molar-refractivity contribution in [1.82, 2.24) is 4.98 Å². The second-order valence-electron chi connectivity index (χ2n) is 5.27. The number of aromatic nitrogens is 1. The van der Waals surface area contributed by atoms with Gasteiger partial charge in [0.1, 0.15) is 11.5 Å². The second-order valence-corrected chi connectivity index (χ2v) is 5.27. The van der Waals surface area contributed by atoms with Gasteiger partial charge in [-0.2, -0.15) is 0 Å². The highest BCUT2D eigenvalue weighted by atomic mass is 16.5. The molecule has 1 aromatic heterocycles. The Labute approximate surface area is 140 Å². The van der Waals surface area contributed by atoms with E-state index in [1.165, 1.54) is 7.11 Å². The molecule has 0 aliphatic carbocycles. The van der Waals surface area contributed by atoms with Crippen LogP contribution >= 0.6 is 0 Å². The summed E-state index contributed by atoms with van der Waals surface area (Å²) in [4.78, 5) is 16.0. The zero-order valence-electron chi connectivity index (χ0n) is 13.5. The van der Waals surface area contributed by atoms with Gasteiger partial charge in [-0.25, -0.2) is 9.78 Å². The molecule has 3 rings (SSSR count). The molecule has 2 aromatic carbocycles. The van der Waals surface area contributed by atoms with Crippen molar-refractivity contribution >= 4 is 18.1 Å². The average Bonchev–Trinajstić information content (AvgIpc) is 3.01. The minimum atomic E-state index is -0.342. The van der Waals surface area contributed by atoms with Crippen LogP contribution in [0, 0.1) is 6.92 Å². The lowest BCUT2D eigenvalue weighted by Crippen LogP contribution is -2.00. The number of oxazole rings is 1. The van der Waals surface area contributed by atoms with Crippen molar-refractivity contribution in [3.05, 3.63) is 77.2 Å². The van der Waals surface area contributed by atoms with E-state index in [0.717, 1.165) is 22.6 Å². The third kappa shape index (κ3) is 3.43. The van der Waals surface area contributed by atoms with Crippen molar-refractivity contribution in [2.45, 2.75) is 6.92 Å². The molecule has 4 nitrogen and oxygen atoms in total. The predicted molar refractivity (Wildman–Crippen MR) is 93.4 cm³/mol. The summed E-state index contributed by atoms with van der Waals surface area (Å²) in [6.07, 6.45) is 3.83. The molecule has 0 atom stereocenters. The van der Waals surface area contributed by atoms with Crippen LogP contribution in [0.1, 0.15) is 27.4 Å². The van der Waals surface area contributed by atoms with E-state index in [1.807, 2.05) is 61.5 Å². The lowest BCUT2D eigenvalue weighted by atomic mass is 10.1. The Morgan fingerprint density at radius 1 is 1.04 bits per heavy atom. The maximum Gasteiger partial charge on any atom is 0.337 e. The SMILES string of the molecule is COC(=O)c1ccc(C=Cc2nc(-c3ccccc3)oc2C)cc1. The van der Waals surface area contributed by atoms with Gasteiger partial charge in [-0.3, -0.25) is 0 Å². The van der Waals surface area contributed by atoms with Crippen LogP contribution in [0.4, 0.5) is 0 Å². The summed E-state index contributed by atoms with van der Waals surface area (Å²) in [6.45, 7) is 1.89. The Morgan fingerprint density at radius 3 is 2.42 bits per heavy atom. The molecule has 4 heteroatoms. The van der Waals surface area contributed by atoms with Gasteiger partial charge in [0.15, 0.2) is 0 Å². The maximum absolute atomic E-state index is 11.4. The number of methoxy groups -OCH3 is 1. The Morgan fingerprint density at radius 2 is 1.75 bits per heavy atom.